The van der Waals surface area contributed by atoms with Gasteiger partial charge in [0.25, 0.3) is 0 Å². The second-order valence-corrected chi connectivity index (χ2v) is 17.3. The monoisotopic (exact) mass is 486 g/mol. The van der Waals surface area contributed by atoms with Crippen LogP contribution < -0.4 is 0 Å². The van der Waals surface area contributed by atoms with Crippen molar-refractivity contribution in [1.82, 2.24) is 0 Å². The molecule has 0 saturated heterocycles. The standard InChI is InChI=1S/C18H14S8/c19-13-1-5-15(6-2-13)24-26(25-16-7-3-14(20)4-8-16)12-11-23-18(26)17-21-9-10-22-17/h1-12,19-20H. The third-order valence-corrected chi connectivity index (χ3v) is 17.3. The summed E-state index contributed by atoms with van der Waals surface area (Å²) in [6.45, 7) is 0. The average Bonchev–Trinajstić information content (AvgIpc) is 3.29. The zero-order valence-corrected chi connectivity index (χ0v) is 20.0. The Kier molecular flexibility index (Phi) is 6.74. The molecule has 2 aromatic carbocycles. The van der Waals surface area contributed by atoms with Crippen molar-refractivity contribution in [2.75, 3.05) is 0 Å². The number of thioether (sulfide) groups is 3. The van der Waals surface area contributed by atoms with Gasteiger partial charge < -0.3 is 0 Å². The lowest BCUT2D eigenvalue weighted by Crippen LogP contribution is -1.88. The SMILES string of the molecule is Sc1ccc(SS2(Sc3ccc(S)cc3)C=CSC2=C2SC=CS2)cc1. The quantitative estimate of drug-likeness (QED) is 0.326. The summed E-state index contributed by atoms with van der Waals surface area (Å²) in [6, 6.07) is 17.0. The van der Waals surface area contributed by atoms with Crippen LogP contribution in [0, 0.1) is 0 Å². The van der Waals surface area contributed by atoms with Gasteiger partial charge in [0.1, 0.15) is 0 Å². The van der Waals surface area contributed by atoms with Crippen molar-refractivity contribution in [2.24, 2.45) is 0 Å². The van der Waals surface area contributed by atoms with Gasteiger partial charge in [-0.1, -0.05) is 65.0 Å². The largest absolute Gasteiger partial charge is 0.143 e. The summed E-state index contributed by atoms with van der Waals surface area (Å²) in [5.74, 6) is 0. The molecule has 8 heteroatoms. The Labute approximate surface area is 186 Å². The summed E-state index contributed by atoms with van der Waals surface area (Å²) < 4.78 is 2.89. The first-order valence-corrected chi connectivity index (χ1v) is 15.4. The summed E-state index contributed by atoms with van der Waals surface area (Å²) in [4.78, 5) is 4.55. The van der Waals surface area contributed by atoms with E-state index in [1.54, 1.807) is 0 Å². The first kappa shape index (κ1) is 19.8. The highest BCUT2D eigenvalue weighted by molar-refractivity contribution is 9.28. The maximum atomic E-state index is 4.42. The van der Waals surface area contributed by atoms with E-state index >= 15 is 0 Å². The minimum atomic E-state index is -1.25. The summed E-state index contributed by atoms with van der Waals surface area (Å²) in [6.07, 6.45) is 0. The molecule has 4 rings (SSSR count). The van der Waals surface area contributed by atoms with Crippen LogP contribution in [0.15, 0.2) is 98.2 Å². The van der Waals surface area contributed by atoms with Crippen LogP contribution in [0.25, 0.3) is 0 Å². The van der Waals surface area contributed by atoms with Crippen LogP contribution in [-0.2, 0) is 0 Å². The van der Waals surface area contributed by atoms with Crippen LogP contribution in [0.2, 0.25) is 0 Å². The molecule has 0 aromatic heterocycles. The molecule has 0 radical (unpaired) electrons. The highest BCUT2D eigenvalue weighted by Gasteiger charge is 2.36. The van der Waals surface area contributed by atoms with Gasteiger partial charge >= 0.3 is 0 Å². The van der Waals surface area contributed by atoms with Crippen LogP contribution in [0.1, 0.15) is 0 Å². The van der Waals surface area contributed by atoms with Crippen molar-refractivity contribution in [1.29, 1.82) is 0 Å². The highest BCUT2D eigenvalue weighted by Crippen LogP contribution is 2.85. The molecule has 0 unspecified atom stereocenters. The third-order valence-electron chi connectivity index (χ3n) is 3.35. The maximum Gasteiger partial charge on any atom is 0.0702 e. The Balaban J connectivity index is 1.72. The fourth-order valence-corrected chi connectivity index (χ4v) is 17.5. The van der Waals surface area contributed by atoms with E-state index in [1.807, 2.05) is 56.9 Å². The Hall–Kier alpha value is 0.460. The molecule has 0 nitrogen and oxygen atoms in total. The number of hydrogen-bond donors (Lipinski definition) is 2. The minimum Gasteiger partial charge on any atom is -0.143 e. The first-order valence-electron chi connectivity index (χ1n) is 7.51. The number of thiol groups is 2. The Morgan fingerprint density at radius 2 is 1.15 bits per heavy atom. The van der Waals surface area contributed by atoms with Gasteiger partial charge in [-0.3, -0.25) is 0 Å². The fraction of sp³-hybridized carbons (Fsp3) is 0. The first-order chi connectivity index (χ1) is 12.6. The van der Waals surface area contributed by atoms with E-state index in [0.29, 0.717) is 0 Å². The fourth-order valence-electron chi connectivity index (χ4n) is 2.20. The van der Waals surface area contributed by atoms with Crippen molar-refractivity contribution >= 4 is 90.2 Å². The predicted octanol–water partition coefficient (Wildman–Crippen LogP) is 9.08. The predicted molar refractivity (Wildman–Crippen MR) is 135 cm³/mol. The van der Waals surface area contributed by atoms with E-state index in [-0.39, 0.29) is 0 Å². The second-order valence-electron chi connectivity index (χ2n) is 5.17. The molecule has 2 heterocycles. The van der Waals surface area contributed by atoms with Crippen molar-refractivity contribution in [2.45, 2.75) is 19.6 Å². The Morgan fingerprint density at radius 1 is 0.654 bits per heavy atom. The third kappa shape index (κ3) is 4.54. The molecule has 2 aromatic rings. The summed E-state index contributed by atoms with van der Waals surface area (Å²) in [7, 11) is 2.70. The number of rotatable bonds is 4. The zero-order chi connectivity index (χ0) is 18.0. The van der Waals surface area contributed by atoms with E-state index in [0.717, 1.165) is 9.79 Å². The van der Waals surface area contributed by atoms with Crippen LogP contribution in [0.4, 0.5) is 0 Å². The summed E-state index contributed by atoms with van der Waals surface area (Å²) in [5, 5.41) is 9.03. The van der Waals surface area contributed by atoms with Crippen LogP contribution in [0.3, 0.4) is 0 Å². The van der Waals surface area contributed by atoms with Crippen LogP contribution >= 0.6 is 90.2 Å². The number of benzene rings is 2. The van der Waals surface area contributed by atoms with E-state index in [2.05, 4.69) is 95.4 Å². The summed E-state index contributed by atoms with van der Waals surface area (Å²) >= 11 is 14.4. The molecule has 0 aliphatic carbocycles. The molecule has 0 N–H and O–H groups in total. The zero-order valence-electron chi connectivity index (χ0n) is 13.3. The smallest absolute Gasteiger partial charge is 0.0702 e. The molecule has 2 aliphatic rings. The molecule has 0 spiro atoms. The van der Waals surface area contributed by atoms with E-state index in [1.165, 1.54) is 18.3 Å². The van der Waals surface area contributed by atoms with E-state index in [9.17, 15) is 0 Å². The van der Waals surface area contributed by atoms with E-state index < -0.39 is 8.09 Å². The summed E-state index contributed by atoms with van der Waals surface area (Å²) in [5.41, 5.74) is 0. The Bertz CT molecular complexity index is 823. The molecule has 0 amide bonds. The van der Waals surface area contributed by atoms with Gasteiger partial charge in [-0.15, -0.1) is 25.3 Å². The van der Waals surface area contributed by atoms with Crippen molar-refractivity contribution in [3.63, 3.8) is 0 Å². The van der Waals surface area contributed by atoms with Gasteiger partial charge in [-0.2, -0.15) is 0 Å². The maximum absolute atomic E-state index is 4.42. The molecule has 0 bridgehead atoms. The molecule has 26 heavy (non-hydrogen) atoms. The highest BCUT2D eigenvalue weighted by atomic mass is 33.6. The molecular weight excluding hydrogens is 473 g/mol. The van der Waals surface area contributed by atoms with E-state index in [4.69, 9.17) is 0 Å². The Morgan fingerprint density at radius 3 is 1.65 bits per heavy atom. The molecular formula is C18H14S8. The lowest BCUT2D eigenvalue weighted by molar-refractivity contribution is 1.37. The van der Waals surface area contributed by atoms with Gasteiger partial charge in [0, 0.05) is 19.6 Å². The van der Waals surface area contributed by atoms with Crippen molar-refractivity contribution in [3.8, 4) is 0 Å². The van der Waals surface area contributed by atoms with Crippen molar-refractivity contribution in [3.05, 3.63) is 78.6 Å². The molecule has 0 saturated carbocycles. The molecule has 0 fully saturated rings. The number of hydrogen-bond acceptors (Lipinski definition) is 7. The normalized spacial score (nSPS) is 19.3. The van der Waals surface area contributed by atoms with Gasteiger partial charge in [-0.05, 0) is 70.2 Å². The second kappa shape index (κ2) is 8.86. The topological polar surface area (TPSA) is 0 Å². The lowest BCUT2D eigenvalue weighted by Gasteiger charge is -2.33. The van der Waals surface area contributed by atoms with Gasteiger partial charge in [0.15, 0.2) is 0 Å². The minimum absolute atomic E-state index is 0.997. The molecule has 134 valence electrons. The van der Waals surface area contributed by atoms with Crippen LogP contribution in [0.5, 0.6) is 0 Å². The van der Waals surface area contributed by atoms with Gasteiger partial charge in [-0.25, -0.2) is 0 Å². The van der Waals surface area contributed by atoms with Gasteiger partial charge in [0.2, 0.25) is 0 Å². The average molecular weight is 487 g/mol. The molecule has 0 atom stereocenters. The van der Waals surface area contributed by atoms with Crippen molar-refractivity contribution < 1.29 is 0 Å². The van der Waals surface area contributed by atoms with Crippen LogP contribution in [-0.4, -0.2) is 0 Å². The molecule has 2 aliphatic heterocycles. The van der Waals surface area contributed by atoms with Gasteiger partial charge in [0.05, 0.1) is 8.47 Å². The lowest BCUT2D eigenvalue weighted by atomic mass is 10.4.